The maximum atomic E-state index is 12.2. The molecule has 0 spiro atoms. The van der Waals surface area contributed by atoms with E-state index in [2.05, 4.69) is 12.2 Å². The Morgan fingerprint density at radius 1 is 1.44 bits per heavy atom. The summed E-state index contributed by atoms with van der Waals surface area (Å²) in [6.45, 7) is 8.27. The van der Waals surface area contributed by atoms with Crippen LogP contribution in [0.5, 0.6) is 0 Å². The number of nitrogen functional groups attached to an aromatic ring is 1. The first-order valence-electron chi connectivity index (χ1n) is 6.73. The first-order chi connectivity index (χ1) is 8.45. The van der Waals surface area contributed by atoms with Gasteiger partial charge in [-0.3, -0.25) is 4.79 Å². The average Bonchev–Trinajstić information content (AvgIpc) is 2.69. The van der Waals surface area contributed by atoms with Crippen LogP contribution in [0.1, 0.15) is 63.5 Å². The molecule has 0 aliphatic heterocycles. The molecule has 102 valence electrons. The van der Waals surface area contributed by atoms with E-state index in [9.17, 15) is 4.79 Å². The fourth-order valence-corrected chi connectivity index (χ4v) is 1.99. The molecule has 4 heteroatoms. The van der Waals surface area contributed by atoms with Crippen molar-refractivity contribution in [3.05, 3.63) is 18.0 Å². The Hall–Kier alpha value is -1.45. The summed E-state index contributed by atoms with van der Waals surface area (Å²) in [6.07, 6.45) is 5.11. The summed E-state index contributed by atoms with van der Waals surface area (Å²) in [5.74, 6) is -0.0380. The third kappa shape index (κ3) is 3.79. The Morgan fingerprint density at radius 3 is 2.67 bits per heavy atom. The van der Waals surface area contributed by atoms with Crippen LogP contribution in [0.4, 0.5) is 5.69 Å². The molecule has 0 bridgehead atoms. The van der Waals surface area contributed by atoms with Crippen LogP contribution in [-0.4, -0.2) is 16.5 Å². The van der Waals surface area contributed by atoms with Gasteiger partial charge in [-0.15, -0.1) is 0 Å². The van der Waals surface area contributed by atoms with E-state index in [1.165, 1.54) is 0 Å². The largest absolute Gasteiger partial charge is 0.397 e. The average molecular weight is 251 g/mol. The minimum Gasteiger partial charge on any atom is -0.397 e. The van der Waals surface area contributed by atoms with Crippen molar-refractivity contribution in [3.63, 3.8) is 0 Å². The molecule has 0 aromatic carbocycles. The number of nitrogens with two attached hydrogens (primary N) is 1. The van der Waals surface area contributed by atoms with Gasteiger partial charge in [-0.25, -0.2) is 0 Å². The number of carbonyl (C=O) groups is 1. The normalized spacial score (nSPS) is 12.7. The van der Waals surface area contributed by atoms with Crippen molar-refractivity contribution in [2.75, 3.05) is 5.73 Å². The molecule has 1 rings (SSSR count). The van der Waals surface area contributed by atoms with Crippen LogP contribution in [0, 0.1) is 0 Å². The van der Waals surface area contributed by atoms with E-state index >= 15 is 0 Å². The topological polar surface area (TPSA) is 60.1 Å². The summed E-state index contributed by atoms with van der Waals surface area (Å²) in [7, 11) is 0. The molecule has 0 saturated heterocycles. The van der Waals surface area contributed by atoms with Crippen molar-refractivity contribution >= 4 is 11.6 Å². The molecule has 0 saturated carbocycles. The Balaban J connectivity index is 2.72. The van der Waals surface area contributed by atoms with E-state index < -0.39 is 0 Å². The predicted octanol–water partition coefficient (Wildman–Crippen LogP) is 2.96. The van der Waals surface area contributed by atoms with Gasteiger partial charge in [-0.05, 0) is 33.3 Å². The van der Waals surface area contributed by atoms with Gasteiger partial charge in [0, 0.05) is 18.3 Å². The number of nitrogens with zero attached hydrogens (tertiary/aromatic N) is 1. The number of amides is 1. The first kappa shape index (κ1) is 14.6. The van der Waals surface area contributed by atoms with Gasteiger partial charge in [0.25, 0.3) is 5.91 Å². The van der Waals surface area contributed by atoms with E-state index in [-0.39, 0.29) is 18.0 Å². The smallest absolute Gasteiger partial charge is 0.268 e. The lowest BCUT2D eigenvalue weighted by atomic mass is 10.1. The van der Waals surface area contributed by atoms with Gasteiger partial charge >= 0.3 is 0 Å². The first-order valence-corrected chi connectivity index (χ1v) is 6.73. The molecule has 3 N–H and O–H groups in total. The van der Waals surface area contributed by atoms with Crippen LogP contribution in [0.25, 0.3) is 0 Å². The fourth-order valence-electron chi connectivity index (χ4n) is 1.99. The van der Waals surface area contributed by atoms with Crippen molar-refractivity contribution in [2.45, 2.75) is 59.0 Å². The van der Waals surface area contributed by atoms with Crippen LogP contribution < -0.4 is 11.1 Å². The Bertz CT molecular complexity index is 396. The minimum absolute atomic E-state index is 0.0380. The van der Waals surface area contributed by atoms with Crippen LogP contribution >= 0.6 is 0 Å². The predicted molar refractivity (Wildman–Crippen MR) is 75.7 cm³/mol. The zero-order chi connectivity index (χ0) is 13.7. The van der Waals surface area contributed by atoms with Gasteiger partial charge in [0.1, 0.15) is 5.69 Å². The highest BCUT2D eigenvalue weighted by Crippen LogP contribution is 2.16. The second-order valence-corrected chi connectivity index (χ2v) is 5.18. The summed E-state index contributed by atoms with van der Waals surface area (Å²) in [4.78, 5) is 12.2. The molecule has 0 radical (unpaired) electrons. The van der Waals surface area contributed by atoms with Crippen LogP contribution in [-0.2, 0) is 0 Å². The lowest BCUT2D eigenvalue weighted by Gasteiger charge is -2.16. The summed E-state index contributed by atoms with van der Waals surface area (Å²) < 4.78 is 1.91. The van der Waals surface area contributed by atoms with Gasteiger partial charge in [0.2, 0.25) is 0 Å². The molecule has 1 unspecified atom stereocenters. The third-order valence-electron chi connectivity index (χ3n) is 3.03. The van der Waals surface area contributed by atoms with Gasteiger partial charge < -0.3 is 15.6 Å². The Morgan fingerprint density at radius 2 is 2.11 bits per heavy atom. The molecule has 1 atom stereocenters. The van der Waals surface area contributed by atoms with E-state index in [0.29, 0.717) is 11.4 Å². The maximum Gasteiger partial charge on any atom is 0.268 e. The molecule has 0 aliphatic rings. The van der Waals surface area contributed by atoms with Gasteiger partial charge in [0.15, 0.2) is 0 Å². The van der Waals surface area contributed by atoms with Crippen LogP contribution in [0.3, 0.4) is 0 Å². The van der Waals surface area contributed by atoms with E-state index in [0.717, 1.165) is 19.3 Å². The molecule has 18 heavy (non-hydrogen) atoms. The van der Waals surface area contributed by atoms with E-state index in [4.69, 9.17) is 5.73 Å². The lowest BCUT2D eigenvalue weighted by molar-refractivity contribution is 0.0927. The summed E-state index contributed by atoms with van der Waals surface area (Å²) in [5.41, 5.74) is 7.04. The van der Waals surface area contributed by atoms with Crippen molar-refractivity contribution in [1.29, 1.82) is 0 Å². The highest BCUT2D eigenvalue weighted by molar-refractivity contribution is 5.94. The Labute approximate surface area is 110 Å². The second-order valence-electron chi connectivity index (χ2n) is 5.18. The molecule has 0 aliphatic carbocycles. The number of hydrogen-bond acceptors (Lipinski definition) is 2. The van der Waals surface area contributed by atoms with E-state index in [1.807, 2.05) is 31.5 Å². The minimum atomic E-state index is -0.0380. The number of rotatable bonds is 6. The van der Waals surface area contributed by atoms with Gasteiger partial charge in [-0.2, -0.15) is 0 Å². The summed E-state index contributed by atoms with van der Waals surface area (Å²) in [5, 5.41) is 3.02. The number of hydrogen-bond donors (Lipinski definition) is 2. The van der Waals surface area contributed by atoms with Crippen LogP contribution in [0.15, 0.2) is 12.3 Å². The zero-order valence-corrected chi connectivity index (χ0v) is 11.9. The van der Waals surface area contributed by atoms with Crippen molar-refractivity contribution in [1.82, 2.24) is 9.88 Å². The number of nitrogens with one attached hydrogen (secondary N) is 1. The van der Waals surface area contributed by atoms with Gasteiger partial charge in [-0.1, -0.05) is 19.8 Å². The number of carbonyl (C=O) groups excluding carboxylic acids is 1. The van der Waals surface area contributed by atoms with Gasteiger partial charge in [0.05, 0.1) is 5.69 Å². The molecular formula is C14H25N3O. The van der Waals surface area contributed by atoms with Crippen LogP contribution in [0.2, 0.25) is 0 Å². The summed E-state index contributed by atoms with van der Waals surface area (Å²) in [6, 6.07) is 2.17. The molecule has 4 nitrogen and oxygen atoms in total. The molecule has 1 aromatic rings. The second kappa shape index (κ2) is 6.47. The monoisotopic (exact) mass is 251 g/mol. The molecule has 0 fully saturated rings. The molecular weight excluding hydrogens is 226 g/mol. The molecule has 1 aromatic heterocycles. The quantitative estimate of drug-likeness (QED) is 0.816. The van der Waals surface area contributed by atoms with Crippen molar-refractivity contribution in [2.24, 2.45) is 0 Å². The zero-order valence-electron chi connectivity index (χ0n) is 11.9. The highest BCUT2D eigenvalue weighted by atomic mass is 16.2. The fraction of sp³-hybridized carbons (Fsp3) is 0.643. The lowest BCUT2D eigenvalue weighted by Crippen LogP contribution is -2.34. The Kier molecular flexibility index (Phi) is 5.25. The van der Waals surface area contributed by atoms with E-state index in [1.54, 1.807) is 6.07 Å². The number of unbranched alkanes of at least 4 members (excludes halogenated alkanes) is 1. The van der Waals surface area contributed by atoms with Crippen molar-refractivity contribution in [3.8, 4) is 0 Å². The highest BCUT2D eigenvalue weighted by Gasteiger charge is 2.16. The summed E-state index contributed by atoms with van der Waals surface area (Å²) >= 11 is 0. The SMILES string of the molecule is CCCCC(C)NC(=O)c1cc(N)cn1C(C)C. The maximum absolute atomic E-state index is 12.2. The standard InChI is InChI=1S/C14H25N3O/c1-5-6-7-11(4)16-14(18)13-8-12(15)9-17(13)10(2)3/h8-11H,5-7,15H2,1-4H3,(H,16,18). The number of aromatic nitrogens is 1. The molecule has 1 heterocycles. The number of anilines is 1. The third-order valence-corrected chi connectivity index (χ3v) is 3.03. The molecule has 1 amide bonds. The van der Waals surface area contributed by atoms with Crippen molar-refractivity contribution < 1.29 is 4.79 Å².